The molecule has 32 heavy (non-hydrogen) atoms. The molecule has 5 rings (SSSR count). The van der Waals surface area contributed by atoms with Crippen LogP contribution in [0.15, 0.2) is 79.0 Å². The van der Waals surface area contributed by atoms with Crippen LogP contribution >= 0.6 is 11.3 Å². The van der Waals surface area contributed by atoms with Crippen LogP contribution in [0, 0.1) is 0 Å². The number of aromatic nitrogens is 1. The summed E-state index contributed by atoms with van der Waals surface area (Å²) in [4.78, 5) is 21.3. The van der Waals surface area contributed by atoms with Crippen LogP contribution in [0.2, 0.25) is 0 Å². The third kappa shape index (κ3) is 3.45. The Morgan fingerprint density at radius 2 is 1.72 bits per heavy atom. The quantitative estimate of drug-likeness (QED) is 0.232. The third-order valence-electron chi connectivity index (χ3n) is 5.73. The van der Waals surface area contributed by atoms with Crippen molar-refractivity contribution in [1.29, 1.82) is 0 Å². The lowest BCUT2D eigenvalue weighted by Gasteiger charge is -2.08. The zero-order valence-corrected chi connectivity index (χ0v) is 18.5. The lowest BCUT2D eigenvalue weighted by Crippen LogP contribution is -2.02. The molecule has 1 N–H and O–H groups in total. The van der Waals surface area contributed by atoms with E-state index >= 15 is 0 Å². The summed E-state index contributed by atoms with van der Waals surface area (Å²) in [7, 11) is 0. The number of hydrogen-bond donors (Lipinski definition) is 1. The highest BCUT2D eigenvalue weighted by atomic mass is 32.1. The van der Waals surface area contributed by atoms with Gasteiger partial charge in [-0.25, -0.2) is 4.79 Å². The average Bonchev–Trinajstić information content (AvgIpc) is 3.22. The SMILES string of the molecule is CC(C)c1ccnc(-c2cccc3c2sc2c(C(=O)OO)cc(-c4ccccc4)cc23)c1. The lowest BCUT2D eigenvalue weighted by atomic mass is 9.98. The molecule has 0 fully saturated rings. The van der Waals surface area contributed by atoms with E-state index in [9.17, 15) is 4.79 Å². The number of fused-ring (bicyclic) bond motifs is 3. The highest BCUT2D eigenvalue weighted by Crippen LogP contribution is 2.43. The summed E-state index contributed by atoms with van der Waals surface area (Å²) in [6.45, 7) is 4.33. The second kappa shape index (κ2) is 8.19. The van der Waals surface area contributed by atoms with Crippen LogP contribution in [0.1, 0.15) is 35.7 Å². The minimum Gasteiger partial charge on any atom is -0.295 e. The van der Waals surface area contributed by atoms with Crippen LogP contribution < -0.4 is 0 Å². The Labute approximate surface area is 189 Å². The second-order valence-electron chi connectivity index (χ2n) is 8.06. The molecule has 0 aliphatic rings. The molecule has 2 heterocycles. The van der Waals surface area contributed by atoms with E-state index in [0.717, 1.165) is 42.6 Å². The van der Waals surface area contributed by atoms with Gasteiger partial charge >= 0.3 is 5.97 Å². The maximum absolute atomic E-state index is 12.5. The van der Waals surface area contributed by atoms with Crippen LogP contribution in [-0.2, 0) is 4.89 Å². The molecule has 0 aliphatic heterocycles. The molecule has 0 bridgehead atoms. The molecule has 0 radical (unpaired) electrons. The van der Waals surface area contributed by atoms with Crippen molar-refractivity contribution < 1.29 is 14.9 Å². The number of nitrogens with zero attached hydrogens (tertiary/aromatic N) is 1. The van der Waals surface area contributed by atoms with Crippen molar-refractivity contribution in [2.75, 3.05) is 0 Å². The highest BCUT2D eigenvalue weighted by molar-refractivity contribution is 7.26. The Balaban J connectivity index is 1.81. The third-order valence-corrected chi connectivity index (χ3v) is 7.02. The number of hydrogen-bond acceptors (Lipinski definition) is 5. The maximum Gasteiger partial charge on any atom is 0.374 e. The van der Waals surface area contributed by atoms with Crippen molar-refractivity contribution in [1.82, 2.24) is 4.98 Å². The summed E-state index contributed by atoms with van der Waals surface area (Å²) < 4.78 is 1.83. The van der Waals surface area contributed by atoms with Crippen molar-refractivity contribution in [3.05, 3.63) is 90.1 Å². The first-order valence-corrected chi connectivity index (χ1v) is 11.2. The molecule has 0 unspecified atom stereocenters. The van der Waals surface area contributed by atoms with Gasteiger partial charge in [-0.1, -0.05) is 62.4 Å². The largest absolute Gasteiger partial charge is 0.374 e. The van der Waals surface area contributed by atoms with Crippen LogP contribution in [0.25, 0.3) is 42.6 Å². The standard InChI is InChI=1S/C27H21NO3S/c1-16(2)18-11-12-28-24(15-18)21-10-6-9-20-22-13-19(17-7-4-3-5-8-17)14-23(27(29)31-30)26(22)32-25(20)21/h3-16,30H,1-2H3. The number of pyridine rings is 1. The van der Waals surface area contributed by atoms with Crippen LogP contribution in [0.5, 0.6) is 0 Å². The minimum absolute atomic E-state index is 0.347. The summed E-state index contributed by atoms with van der Waals surface area (Å²) in [6, 6.07) is 24.1. The molecule has 5 heteroatoms. The molecule has 3 aromatic carbocycles. The topological polar surface area (TPSA) is 59.4 Å². The Kier molecular flexibility index (Phi) is 5.21. The van der Waals surface area contributed by atoms with Gasteiger partial charge in [0.1, 0.15) is 0 Å². The Hall–Kier alpha value is -3.54. The summed E-state index contributed by atoms with van der Waals surface area (Å²) in [5.74, 6) is -0.362. The Morgan fingerprint density at radius 1 is 0.906 bits per heavy atom. The van der Waals surface area contributed by atoms with Gasteiger partial charge < -0.3 is 0 Å². The molecular formula is C27H21NO3S. The average molecular weight is 440 g/mol. The van der Waals surface area contributed by atoms with Crippen molar-refractivity contribution in [2.24, 2.45) is 0 Å². The molecule has 0 saturated carbocycles. The highest BCUT2D eigenvalue weighted by Gasteiger charge is 2.20. The van der Waals surface area contributed by atoms with Gasteiger partial charge in [-0.15, -0.1) is 11.3 Å². The van der Waals surface area contributed by atoms with Gasteiger partial charge in [-0.2, -0.15) is 5.26 Å². The van der Waals surface area contributed by atoms with Crippen molar-refractivity contribution >= 4 is 37.5 Å². The van der Waals surface area contributed by atoms with E-state index in [1.807, 2.05) is 48.7 Å². The van der Waals surface area contributed by atoms with E-state index in [0.29, 0.717) is 11.5 Å². The number of rotatable bonds is 4. The predicted molar refractivity (Wildman–Crippen MR) is 130 cm³/mol. The Bertz CT molecular complexity index is 1450. The van der Waals surface area contributed by atoms with Gasteiger partial charge in [-0.3, -0.25) is 9.87 Å². The molecule has 5 aromatic rings. The predicted octanol–water partition coefficient (Wildman–Crippen LogP) is 7.54. The minimum atomic E-state index is -0.763. The number of carbonyl (C=O) groups is 1. The molecule has 0 aliphatic carbocycles. The Morgan fingerprint density at radius 3 is 2.47 bits per heavy atom. The monoisotopic (exact) mass is 439 g/mol. The second-order valence-corrected chi connectivity index (χ2v) is 9.08. The van der Waals surface area contributed by atoms with E-state index < -0.39 is 5.97 Å². The molecule has 2 aromatic heterocycles. The summed E-state index contributed by atoms with van der Waals surface area (Å²) >= 11 is 1.52. The molecule has 0 atom stereocenters. The smallest absolute Gasteiger partial charge is 0.295 e. The molecule has 0 spiro atoms. The lowest BCUT2D eigenvalue weighted by molar-refractivity contribution is -0.182. The van der Waals surface area contributed by atoms with Gasteiger partial charge in [0.05, 0.1) is 16.0 Å². The normalized spacial score (nSPS) is 11.4. The first-order valence-electron chi connectivity index (χ1n) is 10.4. The summed E-state index contributed by atoms with van der Waals surface area (Å²) in [6.07, 6.45) is 1.85. The summed E-state index contributed by atoms with van der Waals surface area (Å²) in [5.41, 5.74) is 5.38. The number of benzene rings is 3. The van der Waals surface area contributed by atoms with E-state index in [2.05, 4.69) is 48.0 Å². The number of thiophene rings is 1. The van der Waals surface area contributed by atoms with Crippen LogP contribution in [-0.4, -0.2) is 16.2 Å². The fraction of sp³-hybridized carbons (Fsp3) is 0.111. The van der Waals surface area contributed by atoms with Gasteiger partial charge in [0, 0.05) is 27.2 Å². The van der Waals surface area contributed by atoms with Gasteiger partial charge in [0.15, 0.2) is 0 Å². The van der Waals surface area contributed by atoms with Gasteiger partial charge in [-0.05, 0) is 46.9 Å². The zero-order valence-electron chi connectivity index (χ0n) is 17.7. The molecule has 158 valence electrons. The van der Waals surface area contributed by atoms with E-state index in [1.54, 1.807) is 6.07 Å². The van der Waals surface area contributed by atoms with Crippen LogP contribution in [0.3, 0.4) is 0 Å². The fourth-order valence-electron chi connectivity index (χ4n) is 4.05. The number of carbonyl (C=O) groups excluding carboxylic acids is 1. The van der Waals surface area contributed by atoms with E-state index in [-0.39, 0.29) is 0 Å². The molecule has 0 saturated heterocycles. The fourth-order valence-corrected chi connectivity index (χ4v) is 5.36. The molecular weight excluding hydrogens is 418 g/mol. The summed E-state index contributed by atoms with van der Waals surface area (Å²) in [5, 5.41) is 11.1. The van der Waals surface area contributed by atoms with Crippen molar-refractivity contribution in [3.63, 3.8) is 0 Å². The first-order chi connectivity index (χ1) is 15.6. The van der Waals surface area contributed by atoms with Crippen LogP contribution in [0.4, 0.5) is 0 Å². The maximum atomic E-state index is 12.5. The van der Waals surface area contributed by atoms with Gasteiger partial charge in [0.25, 0.3) is 0 Å². The zero-order chi connectivity index (χ0) is 22.2. The van der Waals surface area contributed by atoms with E-state index in [4.69, 9.17) is 5.26 Å². The van der Waals surface area contributed by atoms with Crippen molar-refractivity contribution in [3.8, 4) is 22.4 Å². The van der Waals surface area contributed by atoms with Crippen molar-refractivity contribution in [2.45, 2.75) is 19.8 Å². The molecule has 4 nitrogen and oxygen atoms in total. The van der Waals surface area contributed by atoms with Gasteiger partial charge in [0.2, 0.25) is 0 Å². The first kappa shape index (κ1) is 20.4. The molecule has 0 amide bonds. The van der Waals surface area contributed by atoms with E-state index in [1.165, 1.54) is 16.9 Å².